The quantitative estimate of drug-likeness (QED) is 0.788. The molecule has 3 rings (SSSR count). The summed E-state index contributed by atoms with van der Waals surface area (Å²) in [6.07, 6.45) is -1.70. The van der Waals surface area contributed by atoms with E-state index in [0.29, 0.717) is 6.61 Å². The Morgan fingerprint density at radius 1 is 0.810 bits per heavy atom. The molecular formula is C15H26O6. The van der Waals surface area contributed by atoms with Gasteiger partial charge in [0.05, 0.1) is 6.61 Å². The molecule has 7 atom stereocenters. The minimum Gasteiger partial charge on any atom is -0.353 e. The van der Waals surface area contributed by atoms with Crippen LogP contribution in [0.25, 0.3) is 0 Å². The molecule has 0 N–H and O–H groups in total. The molecule has 3 aliphatic heterocycles. The lowest BCUT2D eigenvalue weighted by atomic mass is 9.97. The second-order valence-electron chi connectivity index (χ2n) is 6.64. The molecule has 3 heterocycles. The molecule has 122 valence electrons. The van der Waals surface area contributed by atoms with Crippen LogP contribution < -0.4 is 0 Å². The van der Waals surface area contributed by atoms with Crippen LogP contribution in [0.15, 0.2) is 0 Å². The normalized spacial score (nSPS) is 46.7. The Balaban J connectivity index is 1.77. The van der Waals surface area contributed by atoms with Crippen molar-refractivity contribution >= 4 is 0 Å². The molecule has 7 unspecified atom stereocenters. The van der Waals surface area contributed by atoms with Gasteiger partial charge in [-0.15, -0.1) is 0 Å². The van der Waals surface area contributed by atoms with Crippen LogP contribution in [0.3, 0.4) is 0 Å². The zero-order valence-electron chi connectivity index (χ0n) is 13.4. The van der Waals surface area contributed by atoms with E-state index >= 15 is 0 Å². The second-order valence-corrected chi connectivity index (χ2v) is 6.64. The highest BCUT2D eigenvalue weighted by Crippen LogP contribution is 2.39. The van der Waals surface area contributed by atoms with Crippen molar-refractivity contribution in [1.82, 2.24) is 0 Å². The zero-order chi connectivity index (χ0) is 15.1. The Morgan fingerprint density at radius 2 is 1.43 bits per heavy atom. The monoisotopic (exact) mass is 302 g/mol. The van der Waals surface area contributed by atoms with Crippen LogP contribution in [0.2, 0.25) is 0 Å². The van der Waals surface area contributed by atoms with Gasteiger partial charge >= 0.3 is 0 Å². The smallest absolute Gasteiger partial charge is 0.186 e. The van der Waals surface area contributed by atoms with E-state index in [1.807, 2.05) is 0 Å². The first-order chi connectivity index (χ1) is 10.0. The minimum atomic E-state index is -0.442. The van der Waals surface area contributed by atoms with Gasteiger partial charge < -0.3 is 28.4 Å². The van der Waals surface area contributed by atoms with E-state index < -0.39 is 6.29 Å². The fraction of sp³-hybridized carbons (Fsp3) is 1.00. The van der Waals surface area contributed by atoms with E-state index in [1.165, 1.54) is 0 Å². The maximum absolute atomic E-state index is 6.09. The summed E-state index contributed by atoms with van der Waals surface area (Å²) >= 11 is 0. The van der Waals surface area contributed by atoms with Crippen LogP contribution in [0.1, 0.15) is 27.7 Å². The molecule has 0 saturated carbocycles. The highest BCUT2D eigenvalue weighted by molar-refractivity contribution is 4.97. The number of methoxy groups -OCH3 is 1. The maximum atomic E-state index is 6.09. The molecular weight excluding hydrogens is 276 g/mol. The highest BCUT2D eigenvalue weighted by atomic mass is 16.8. The van der Waals surface area contributed by atoms with Crippen LogP contribution in [-0.2, 0) is 28.4 Å². The van der Waals surface area contributed by atoms with Gasteiger partial charge in [-0.1, -0.05) is 27.7 Å². The standard InChI is InChI=1S/C15H26O6/c1-7(2)13-17-6-9-10(19-13)11-12(15(16-5)18-9)21-14(20-11)8(3)4/h7-15H,6H2,1-5H3. The average molecular weight is 302 g/mol. The van der Waals surface area contributed by atoms with E-state index in [0.717, 1.165) is 0 Å². The summed E-state index contributed by atoms with van der Waals surface area (Å²) in [7, 11) is 1.62. The number of fused-ring (bicyclic) bond motifs is 3. The van der Waals surface area contributed by atoms with Gasteiger partial charge in [-0.05, 0) is 0 Å². The van der Waals surface area contributed by atoms with Gasteiger partial charge in [0.15, 0.2) is 18.9 Å². The van der Waals surface area contributed by atoms with Gasteiger partial charge in [0.1, 0.15) is 24.4 Å². The number of rotatable bonds is 3. The van der Waals surface area contributed by atoms with Crippen molar-refractivity contribution in [2.24, 2.45) is 11.8 Å². The van der Waals surface area contributed by atoms with Crippen molar-refractivity contribution in [3.8, 4) is 0 Å². The molecule has 21 heavy (non-hydrogen) atoms. The van der Waals surface area contributed by atoms with Crippen LogP contribution in [-0.4, -0.2) is 57.0 Å². The summed E-state index contributed by atoms with van der Waals surface area (Å²) in [6.45, 7) is 8.79. The van der Waals surface area contributed by atoms with Crippen LogP contribution >= 0.6 is 0 Å². The van der Waals surface area contributed by atoms with Crippen LogP contribution in [0.4, 0.5) is 0 Å². The third-order valence-electron chi connectivity index (χ3n) is 4.21. The second kappa shape index (κ2) is 6.10. The molecule has 3 aliphatic rings. The molecule has 3 saturated heterocycles. The molecule has 0 aromatic heterocycles. The topological polar surface area (TPSA) is 55.4 Å². The molecule has 6 heteroatoms. The summed E-state index contributed by atoms with van der Waals surface area (Å²) in [4.78, 5) is 0. The summed E-state index contributed by atoms with van der Waals surface area (Å²) in [5.41, 5.74) is 0. The summed E-state index contributed by atoms with van der Waals surface area (Å²) in [5.74, 6) is 0.556. The van der Waals surface area contributed by atoms with Crippen molar-refractivity contribution in [1.29, 1.82) is 0 Å². The van der Waals surface area contributed by atoms with Gasteiger partial charge in [-0.3, -0.25) is 0 Å². The van der Waals surface area contributed by atoms with E-state index in [2.05, 4.69) is 27.7 Å². The van der Waals surface area contributed by atoms with Crippen molar-refractivity contribution in [3.63, 3.8) is 0 Å². The lowest BCUT2D eigenvalue weighted by molar-refractivity contribution is -0.347. The van der Waals surface area contributed by atoms with Gasteiger partial charge in [0.25, 0.3) is 0 Å². The van der Waals surface area contributed by atoms with E-state index in [1.54, 1.807) is 7.11 Å². The zero-order valence-corrected chi connectivity index (χ0v) is 13.4. The number of hydrogen-bond donors (Lipinski definition) is 0. The molecule has 0 radical (unpaired) electrons. The predicted molar refractivity (Wildman–Crippen MR) is 73.5 cm³/mol. The summed E-state index contributed by atoms with van der Waals surface area (Å²) in [5, 5.41) is 0. The first-order valence-corrected chi connectivity index (χ1v) is 7.77. The molecule has 0 spiro atoms. The summed E-state index contributed by atoms with van der Waals surface area (Å²) < 4.78 is 35.2. The molecule has 0 bridgehead atoms. The van der Waals surface area contributed by atoms with E-state index in [4.69, 9.17) is 28.4 Å². The molecule has 0 aromatic rings. The largest absolute Gasteiger partial charge is 0.353 e. The molecule has 3 fully saturated rings. The highest BCUT2D eigenvalue weighted by Gasteiger charge is 2.56. The van der Waals surface area contributed by atoms with Crippen molar-refractivity contribution in [3.05, 3.63) is 0 Å². The Morgan fingerprint density at radius 3 is 2.05 bits per heavy atom. The molecule has 0 aromatic carbocycles. The SMILES string of the molecule is COC1OC2COC(C(C)C)OC2C2OC(C(C)C)OC12. The number of ether oxygens (including phenoxy) is 6. The first-order valence-electron chi connectivity index (χ1n) is 7.77. The van der Waals surface area contributed by atoms with Crippen molar-refractivity contribution in [2.75, 3.05) is 13.7 Å². The Bertz CT molecular complexity index is 360. The predicted octanol–water partition coefficient (Wildman–Crippen LogP) is 1.52. The number of hydrogen-bond acceptors (Lipinski definition) is 6. The average Bonchev–Trinajstić information content (AvgIpc) is 2.91. The summed E-state index contributed by atoms with van der Waals surface area (Å²) in [6, 6.07) is 0. The van der Waals surface area contributed by atoms with Gasteiger partial charge in [-0.25, -0.2) is 0 Å². The van der Waals surface area contributed by atoms with Gasteiger partial charge in [0.2, 0.25) is 0 Å². The fourth-order valence-corrected chi connectivity index (χ4v) is 3.06. The Kier molecular flexibility index (Phi) is 4.55. The van der Waals surface area contributed by atoms with Crippen molar-refractivity contribution < 1.29 is 28.4 Å². The lowest BCUT2D eigenvalue weighted by Gasteiger charge is -2.46. The van der Waals surface area contributed by atoms with E-state index in [9.17, 15) is 0 Å². The van der Waals surface area contributed by atoms with Crippen LogP contribution in [0.5, 0.6) is 0 Å². The minimum absolute atomic E-state index is 0.175. The fourth-order valence-electron chi connectivity index (χ4n) is 3.06. The van der Waals surface area contributed by atoms with Gasteiger partial charge in [0, 0.05) is 18.9 Å². The Hall–Kier alpha value is -0.240. The lowest BCUT2D eigenvalue weighted by Crippen LogP contribution is -2.62. The third kappa shape index (κ3) is 2.85. The van der Waals surface area contributed by atoms with Crippen LogP contribution in [0, 0.1) is 11.8 Å². The third-order valence-corrected chi connectivity index (χ3v) is 4.21. The first kappa shape index (κ1) is 15.6. The van der Waals surface area contributed by atoms with Crippen molar-refractivity contribution in [2.45, 2.75) is 71.0 Å². The molecule has 6 nitrogen and oxygen atoms in total. The maximum Gasteiger partial charge on any atom is 0.186 e. The molecule has 0 aliphatic carbocycles. The van der Waals surface area contributed by atoms with E-state index in [-0.39, 0.29) is 48.8 Å². The van der Waals surface area contributed by atoms with Gasteiger partial charge in [-0.2, -0.15) is 0 Å². The Labute approximate surface area is 126 Å². The molecule has 0 amide bonds.